The highest BCUT2D eigenvalue weighted by Gasteiger charge is 2.01. The zero-order valence-corrected chi connectivity index (χ0v) is 6.86. The van der Waals surface area contributed by atoms with Crippen molar-refractivity contribution < 1.29 is 14.6 Å². The van der Waals surface area contributed by atoms with Gasteiger partial charge in [-0.25, -0.2) is 0 Å². The third-order valence-electron chi connectivity index (χ3n) is 1.19. The highest BCUT2D eigenvalue weighted by molar-refractivity contribution is 6.30. The van der Waals surface area contributed by atoms with E-state index in [1.807, 2.05) is 0 Å². The Balaban J connectivity index is 2.64. The standard InChI is InChI=1S/C8H7ClO3/c9-6-1-3-7(4-2-6)12-8(11)5-10/h1-5,8,11H. The molecule has 1 rings (SSSR count). The van der Waals surface area contributed by atoms with Gasteiger partial charge in [-0.05, 0) is 24.3 Å². The van der Waals surface area contributed by atoms with Gasteiger partial charge in [0.15, 0.2) is 6.29 Å². The molecule has 1 unspecified atom stereocenters. The molecule has 12 heavy (non-hydrogen) atoms. The molecule has 0 aliphatic carbocycles. The molecule has 64 valence electrons. The van der Waals surface area contributed by atoms with Crippen LogP contribution in [0.5, 0.6) is 5.75 Å². The number of hydrogen-bond acceptors (Lipinski definition) is 3. The highest BCUT2D eigenvalue weighted by Crippen LogP contribution is 2.15. The number of carbonyl (C=O) groups excluding carboxylic acids is 1. The topological polar surface area (TPSA) is 46.5 Å². The largest absolute Gasteiger partial charge is 0.458 e. The van der Waals surface area contributed by atoms with Gasteiger partial charge in [0.1, 0.15) is 5.75 Å². The van der Waals surface area contributed by atoms with Gasteiger partial charge in [0.2, 0.25) is 0 Å². The summed E-state index contributed by atoms with van der Waals surface area (Å²) in [7, 11) is 0. The Morgan fingerprint density at radius 3 is 2.50 bits per heavy atom. The normalized spacial score (nSPS) is 12.2. The average molecular weight is 187 g/mol. The minimum absolute atomic E-state index is 0.300. The van der Waals surface area contributed by atoms with E-state index in [-0.39, 0.29) is 0 Å². The molecule has 0 fully saturated rings. The Bertz CT molecular complexity index is 258. The van der Waals surface area contributed by atoms with E-state index in [2.05, 4.69) is 0 Å². The van der Waals surface area contributed by atoms with E-state index in [4.69, 9.17) is 21.4 Å². The van der Waals surface area contributed by atoms with Crippen molar-refractivity contribution in [2.45, 2.75) is 6.29 Å². The van der Waals surface area contributed by atoms with E-state index in [0.717, 1.165) is 0 Å². The molecule has 0 aromatic heterocycles. The van der Waals surface area contributed by atoms with E-state index in [9.17, 15) is 4.79 Å². The van der Waals surface area contributed by atoms with Crippen molar-refractivity contribution in [1.29, 1.82) is 0 Å². The molecule has 0 saturated heterocycles. The van der Waals surface area contributed by atoms with Crippen molar-refractivity contribution in [1.82, 2.24) is 0 Å². The predicted octanol–water partition coefficient (Wildman–Crippen LogP) is 1.24. The number of carbonyl (C=O) groups is 1. The number of rotatable bonds is 3. The number of aliphatic hydroxyl groups is 1. The van der Waals surface area contributed by atoms with Gasteiger partial charge in [-0.2, -0.15) is 0 Å². The zero-order valence-electron chi connectivity index (χ0n) is 6.11. The summed E-state index contributed by atoms with van der Waals surface area (Å²) in [5.41, 5.74) is 0. The first-order chi connectivity index (χ1) is 5.72. The summed E-state index contributed by atoms with van der Waals surface area (Å²) in [6, 6.07) is 6.34. The fourth-order valence-corrected chi connectivity index (χ4v) is 0.806. The zero-order chi connectivity index (χ0) is 8.97. The van der Waals surface area contributed by atoms with Gasteiger partial charge in [0.25, 0.3) is 6.29 Å². The Morgan fingerprint density at radius 1 is 1.42 bits per heavy atom. The quantitative estimate of drug-likeness (QED) is 0.571. The maximum Gasteiger partial charge on any atom is 0.254 e. The van der Waals surface area contributed by atoms with E-state index in [1.54, 1.807) is 24.3 Å². The van der Waals surface area contributed by atoms with Crippen molar-refractivity contribution in [2.24, 2.45) is 0 Å². The van der Waals surface area contributed by atoms with Crippen molar-refractivity contribution >= 4 is 17.9 Å². The third-order valence-corrected chi connectivity index (χ3v) is 1.44. The molecule has 0 aliphatic heterocycles. The summed E-state index contributed by atoms with van der Waals surface area (Å²) in [4.78, 5) is 9.98. The van der Waals surface area contributed by atoms with Gasteiger partial charge in [0.05, 0.1) is 0 Å². The van der Waals surface area contributed by atoms with E-state index in [1.165, 1.54) is 0 Å². The summed E-state index contributed by atoms with van der Waals surface area (Å²) < 4.78 is 4.75. The molecule has 0 saturated carbocycles. The number of aldehydes is 1. The molecule has 3 nitrogen and oxygen atoms in total. The van der Waals surface area contributed by atoms with Crippen LogP contribution in [0.1, 0.15) is 0 Å². The van der Waals surface area contributed by atoms with Gasteiger partial charge in [0, 0.05) is 5.02 Å². The van der Waals surface area contributed by atoms with E-state index < -0.39 is 6.29 Å². The highest BCUT2D eigenvalue weighted by atomic mass is 35.5. The third kappa shape index (κ3) is 2.53. The van der Waals surface area contributed by atoms with Gasteiger partial charge >= 0.3 is 0 Å². The van der Waals surface area contributed by atoms with Crippen LogP contribution >= 0.6 is 11.6 Å². The SMILES string of the molecule is O=CC(O)Oc1ccc(Cl)cc1. The minimum Gasteiger partial charge on any atom is -0.458 e. The maximum atomic E-state index is 9.98. The summed E-state index contributed by atoms with van der Waals surface area (Å²) in [5.74, 6) is 0.402. The fourth-order valence-electron chi connectivity index (χ4n) is 0.680. The van der Waals surface area contributed by atoms with Gasteiger partial charge in [-0.1, -0.05) is 11.6 Å². The monoisotopic (exact) mass is 186 g/mol. The van der Waals surface area contributed by atoms with Crippen molar-refractivity contribution in [3.05, 3.63) is 29.3 Å². The summed E-state index contributed by atoms with van der Waals surface area (Å²) in [6.07, 6.45) is -1.11. The van der Waals surface area contributed by atoms with Gasteiger partial charge in [-0.15, -0.1) is 0 Å². The van der Waals surface area contributed by atoms with Crippen LogP contribution in [-0.2, 0) is 4.79 Å². The molecular formula is C8H7ClO3. The van der Waals surface area contributed by atoms with Gasteiger partial charge in [-0.3, -0.25) is 4.79 Å². The molecule has 0 bridgehead atoms. The molecule has 4 heteroatoms. The number of benzene rings is 1. The first kappa shape index (κ1) is 9.03. The van der Waals surface area contributed by atoms with Crippen LogP contribution in [0.4, 0.5) is 0 Å². The summed E-state index contributed by atoms with van der Waals surface area (Å²) in [6.45, 7) is 0. The molecule has 0 heterocycles. The minimum atomic E-state index is -1.41. The summed E-state index contributed by atoms with van der Waals surface area (Å²) in [5, 5.41) is 9.33. The van der Waals surface area contributed by atoms with Crippen LogP contribution in [0, 0.1) is 0 Å². The predicted molar refractivity (Wildman–Crippen MR) is 44.2 cm³/mol. The molecule has 1 aromatic rings. The van der Waals surface area contributed by atoms with Crippen LogP contribution in [0.2, 0.25) is 5.02 Å². The fraction of sp³-hybridized carbons (Fsp3) is 0.125. The molecule has 0 amide bonds. The van der Waals surface area contributed by atoms with Crippen LogP contribution in [0.15, 0.2) is 24.3 Å². The molecule has 1 atom stereocenters. The van der Waals surface area contributed by atoms with Crippen LogP contribution in [0.3, 0.4) is 0 Å². The lowest BCUT2D eigenvalue weighted by molar-refractivity contribution is -0.127. The summed E-state index contributed by atoms with van der Waals surface area (Å²) >= 11 is 5.59. The Hall–Kier alpha value is -1.06. The Kier molecular flexibility index (Phi) is 3.08. The number of hydrogen-bond donors (Lipinski definition) is 1. The maximum absolute atomic E-state index is 9.98. The Morgan fingerprint density at radius 2 is 2.00 bits per heavy atom. The Labute approximate surface area is 74.5 Å². The molecule has 0 aliphatic rings. The van der Waals surface area contributed by atoms with Crippen LogP contribution in [0.25, 0.3) is 0 Å². The lowest BCUT2D eigenvalue weighted by Crippen LogP contribution is -2.16. The second-order valence-electron chi connectivity index (χ2n) is 2.10. The molecule has 0 radical (unpaired) electrons. The average Bonchev–Trinajstić information content (AvgIpc) is 2.09. The van der Waals surface area contributed by atoms with Crippen molar-refractivity contribution in [3.63, 3.8) is 0 Å². The number of ether oxygens (including phenoxy) is 1. The second kappa shape index (κ2) is 4.09. The molecule has 1 aromatic carbocycles. The molecular weight excluding hydrogens is 180 g/mol. The number of halogens is 1. The second-order valence-corrected chi connectivity index (χ2v) is 2.53. The first-order valence-corrected chi connectivity index (χ1v) is 3.66. The van der Waals surface area contributed by atoms with Crippen molar-refractivity contribution in [3.8, 4) is 5.75 Å². The van der Waals surface area contributed by atoms with Crippen LogP contribution < -0.4 is 4.74 Å². The van der Waals surface area contributed by atoms with E-state index in [0.29, 0.717) is 17.1 Å². The number of aliphatic hydroxyl groups excluding tert-OH is 1. The lowest BCUT2D eigenvalue weighted by Gasteiger charge is -2.06. The van der Waals surface area contributed by atoms with E-state index >= 15 is 0 Å². The van der Waals surface area contributed by atoms with Crippen LogP contribution in [-0.4, -0.2) is 17.7 Å². The first-order valence-electron chi connectivity index (χ1n) is 3.28. The van der Waals surface area contributed by atoms with Crippen molar-refractivity contribution in [2.75, 3.05) is 0 Å². The molecule has 0 spiro atoms. The molecule has 1 N–H and O–H groups in total. The smallest absolute Gasteiger partial charge is 0.254 e. The van der Waals surface area contributed by atoms with Gasteiger partial charge < -0.3 is 9.84 Å². The lowest BCUT2D eigenvalue weighted by atomic mass is 10.3.